The number of imidazole rings is 1. The number of methoxy groups -OCH3 is 1. The lowest BCUT2D eigenvalue weighted by Gasteiger charge is -2.20. The summed E-state index contributed by atoms with van der Waals surface area (Å²) in [5, 5.41) is 0.603. The summed E-state index contributed by atoms with van der Waals surface area (Å²) in [6.45, 7) is 4.23. The summed E-state index contributed by atoms with van der Waals surface area (Å²) in [7, 11) is 1.63. The highest BCUT2D eigenvalue weighted by molar-refractivity contribution is 7.22. The Bertz CT molecular complexity index is 1440. The first-order chi connectivity index (χ1) is 15.6. The second kappa shape index (κ2) is 8.05. The molecule has 0 N–H and O–H groups in total. The highest BCUT2D eigenvalue weighted by atomic mass is 32.1. The highest BCUT2D eigenvalue weighted by Gasteiger charge is 2.27. The number of anilines is 1. The van der Waals surface area contributed by atoms with Crippen LogP contribution in [-0.2, 0) is 6.54 Å². The summed E-state index contributed by atoms with van der Waals surface area (Å²) in [4.78, 5) is 29.3. The smallest absolute Gasteiger partial charge is 0.279 e. The standard InChI is InChI=1S/C24H21N5O2S/c1-15-9-10-18(31-3)20-22(15)32-24(27-20)29(14-17-7-6-11-25-13-17)23(30)21-16(2)26-19-8-4-5-12-28(19)21/h4-13H,14H2,1-3H3. The van der Waals surface area contributed by atoms with Gasteiger partial charge in [-0.15, -0.1) is 0 Å². The fraction of sp³-hybridized carbons (Fsp3) is 0.167. The SMILES string of the molecule is COc1ccc(C)c2sc(N(Cc3cccnc3)C(=O)c3c(C)nc4ccccn34)nc12. The largest absolute Gasteiger partial charge is 0.494 e. The van der Waals surface area contributed by atoms with Crippen molar-refractivity contribution in [2.24, 2.45) is 0 Å². The van der Waals surface area contributed by atoms with Crippen LogP contribution < -0.4 is 9.64 Å². The first-order valence-electron chi connectivity index (χ1n) is 10.2. The Morgan fingerprint density at radius 3 is 2.78 bits per heavy atom. The number of hydrogen-bond donors (Lipinski definition) is 0. The van der Waals surface area contributed by atoms with Gasteiger partial charge in [-0.2, -0.15) is 0 Å². The second-order valence-corrected chi connectivity index (χ2v) is 8.46. The number of carbonyl (C=O) groups excluding carboxylic acids is 1. The van der Waals surface area contributed by atoms with Gasteiger partial charge in [0.1, 0.15) is 22.6 Å². The van der Waals surface area contributed by atoms with E-state index in [0.717, 1.165) is 27.0 Å². The summed E-state index contributed by atoms with van der Waals surface area (Å²) < 4.78 is 8.34. The third-order valence-corrected chi connectivity index (χ3v) is 6.57. The fourth-order valence-electron chi connectivity index (χ4n) is 3.78. The number of carbonyl (C=O) groups is 1. The zero-order chi connectivity index (χ0) is 22.2. The van der Waals surface area contributed by atoms with Crippen molar-refractivity contribution in [3.63, 3.8) is 0 Å². The van der Waals surface area contributed by atoms with Crippen LogP contribution in [0.5, 0.6) is 5.75 Å². The Morgan fingerprint density at radius 2 is 2.00 bits per heavy atom. The van der Waals surface area contributed by atoms with E-state index in [1.807, 2.05) is 66.9 Å². The molecule has 8 heteroatoms. The van der Waals surface area contributed by atoms with E-state index in [1.165, 1.54) is 11.3 Å². The van der Waals surface area contributed by atoms with E-state index in [-0.39, 0.29) is 5.91 Å². The molecule has 0 saturated carbocycles. The molecule has 4 heterocycles. The molecule has 0 unspecified atom stereocenters. The van der Waals surface area contributed by atoms with Gasteiger partial charge < -0.3 is 4.74 Å². The van der Waals surface area contributed by atoms with Gasteiger partial charge in [0, 0.05) is 18.6 Å². The number of rotatable bonds is 5. The molecule has 5 aromatic rings. The van der Waals surface area contributed by atoms with Gasteiger partial charge in [-0.05, 0) is 49.2 Å². The first kappa shape index (κ1) is 20.1. The average molecular weight is 444 g/mol. The summed E-state index contributed by atoms with van der Waals surface area (Å²) in [6, 6.07) is 13.4. The van der Waals surface area contributed by atoms with Crippen molar-refractivity contribution < 1.29 is 9.53 Å². The monoisotopic (exact) mass is 443 g/mol. The van der Waals surface area contributed by atoms with Gasteiger partial charge in [-0.1, -0.05) is 29.5 Å². The molecule has 7 nitrogen and oxygen atoms in total. The third-order valence-electron chi connectivity index (χ3n) is 5.36. The summed E-state index contributed by atoms with van der Waals surface area (Å²) in [6.07, 6.45) is 5.34. The molecule has 4 aromatic heterocycles. The minimum Gasteiger partial charge on any atom is -0.494 e. The lowest BCUT2D eigenvalue weighted by molar-refractivity contribution is 0.0979. The predicted molar refractivity (Wildman–Crippen MR) is 126 cm³/mol. The maximum atomic E-state index is 13.9. The van der Waals surface area contributed by atoms with Crippen molar-refractivity contribution in [3.8, 4) is 5.75 Å². The Hall–Kier alpha value is -3.78. The van der Waals surface area contributed by atoms with Gasteiger partial charge in [0.15, 0.2) is 5.13 Å². The van der Waals surface area contributed by atoms with E-state index in [1.54, 1.807) is 24.4 Å². The fourth-order valence-corrected chi connectivity index (χ4v) is 4.83. The molecule has 1 aromatic carbocycles. The summed E-state index contributed by atoms with van der Waals surface area (Å²) >= 11 is 1.48. The van der Waals surface area contributed by atoms with Crippen molar-refractivity contribution in [2.75, 3.05) is 12.0 Å². The third kappa shape index (κ3) is 3.38. The number of ether oxygens (including phenoxy) is 1. The molecule has 0 bridgehead atoms. The molecule has 0 fully saturated rings. The van der Waals surface area contributed by atoms with Crippen LogP contribution in [0.3, 0.4) is 0 Å². The van der Waals surface area contributed by atoms with Crippen LogP contribution in [0.2, 0.25) is 0 Å². The Labute approximate surface area is 189 Å². The van der Waals surface area contributed by atoms with Gasteiger partial charge in [0.05, 0.1) is 24.0 Å². The molecular weight excluding hydrogens is 422 g/mol. The van der Waals surface area contributed by atoms with Crippen molar-refractivity contribution >= 4 is 38.2 Å². The van der Waals surface area contributed by atoms with Gasteiger partial charge in [-0.25, -0.2) is 9.97 Å². The van der Waals surface area contributed by atoms with E-state index in [2.05, 4.69) is 9.97 Å². The van der Waals surface area contributed by atoms with Crippen LogP contribution in [0.1, 0.15) is 27.3 Å². The van der Waals surface area contributed by atoms with Crippen LogP contribution in [-0.4, -0.2) is 32.4 Å². The molecule has 0 radical (unpaired) electrons. The zero-order valence-electron chi connectivity index (χ0n) is 17.9. The predicted octanol–water partition coefficient (Wildman–Crippen LogP) is 4.81. The number of aromatic nitrogens is 4. The van der Waals surface area contributed by atoms with E-state index >= 15 is 0 Å². The molecule has 0 saturated heterocycles. The van der Waals surface area contributed by atoms with Gasteiger partial charge >= 0.3 is 0 Å². The van der Waals surface area contributed by atoms with Crippen LogP contribution in [0.15, 0.2) is 61.1 Å². The van der Waals surface area contributed by atoms with E-state index in [9.17, 15) is 4.79 Å². The minimum absolute atomic E-state index is 0.166. The van der Waals surface area contributed by atoms with Crippen molar-refractivity contribution in [2.45, 2.75) is 20.4 Å². The molecule has 1 amide bonds. The number of hydrogen-bond acceptors (Lipinski definition) is 6. The number of benzene rings is 1. The van der Waals surface area contributed by atoms with Gasteiger partial charge in [0.2, 0.25) is 0 Å². The van der Waals surface area contributed by atoms with Gasteiger partial charge in [-0.3, -0.25) is 19.1 Å². The zero-order valence-corrected chi connectivity index (χ0v) is 18.8. The molecule has 0 aliphatic rings. The van der Waals surface area contributed by atoms with Crippen LogP contribution in [0.25, 0.3) is 15.9 Å². The number of aryl methyl sites for hydroxylation is 2. The quantitative estimate of drug-likeness (QED) is 0.390. The molecule has 0 aliphatic carbocycles. The minimum atomic E-state index is -0.166. The number of thiazole rings is 1. The maximum absolute atomic E-state index is 13.9. The molecule has 0 atom stereocenters. The molecule has 0 spiro atoms. The Kier molecular flexibility index (Phi) is 5.07. The lowest BCUT2D eigenvalue weighted by atomic mass is 10.2. The summed E-state index contributed by atoms with van der Waals surface area (Å²) in [5.41, 5.74) is 4.68. The molecule has 32 heavy (non-hydrogen) atoms. The second-order valence-electron chi connectivity index (χ2n) is 7.49. The van der Waals surface area contributed by atoms with E-state index in [0.29, 0.717) is 28.8 Å². The Balaban J connectivity index is 1.68. The van der Waals surface area contributed by atoms with Crippen LogP contribution in [0.4, 0.5) is 5.13 Å². The van der Waals surface area contributed by atoms with Crippen LogP contribution in [0, 0.1) is 13.8 Å². The normalized spacial score (nSPS) is 11.2. The molecule has 0 aliphatic heterocycles. The number of fused-ring (bicyclic) bond motifs is 2. The van der Waals surface area contributed by atoms with Crippen molar-refractivity contribution in [1.29, 1.82) is 0 Å². The molecule has 160 valence electrons. The topological polar surface area (TPSA) is 72.6 Å². The van der Waals surface area contributed by atoms with Gasteiger partial charge in [0.25, 0.3) is 5.91 Å². The average Bonchev–Trinajstić information content (AvgIpc) is 3.39. The lowest BCUT2D eigenvalue weighted by Crippen LogP contribution is -2.31. The maximum Gasteiger partial charge on any atom is 0.279 e. The van der Waals surface area contributed by atoms with Crippen molar-refractivity contribution in [1.82, 2.24) is 19.4 Å². The molecule has 5 rings (SSSR count). The molecular formula is C24H21N5O2S. The number of pyridine rings is 2. The van der Waals surface area contributed by atoms with E-state index in [4.69, 9.17) is 9.72 Å². The highest BCUT2D eigenvalue weighted by Crippen LogP contribution is 2.37. The number of nitrogens with zero attached hydrogens (tertiary/aromatic N) is 5. The van der Waals surface area contributed by atoms with E-state index < -0.39 is 0 Å². The first-order valence-corrected chi connectivity index (χ1v) is 11.0. The Morgan fingerprint density at radius 1 is 1.12 bits per heavy atom. The summed E-state index contributed by atoms with van der Waals surface area (Å²) in [5.74, 6) is 0.522. The van der Waals surface area contributed by atoms with Crippen LogP contribution >= 0.6 is 11.3 Å². The number of amides is 1. The van der Waals surface area contributed by atoms with Crippen molar-refractivity contribution in [3.05, 3.63) is 83.6 Å².